The molecule has 112 valence electrons. The quantitative estimate of drug-likeness (QED) is 0.737. The Labute approximate surface area is 117 Å². The fourth-order valence-corrected chi connectivity index (χ4v) is 2.67. The molecule has 0 bridgehead atoms. The van der Waals surface area contributed by atoms with Crippen molar-refractivity contribution < 1.29 is 14.6 Å². The molecule has 0 aromatic heterocycles. The molecule has 19 heavy (non-hydrogen) atoms. The third-order valence-electron chi connectivity index (χ3n) is 4.42. The van der Waals surface area contributed by atoms with Crippen LogP contribution in [-0.4, -0.2) is 48.3 Å². The Morgan fingerprint density at radius 1 is 1.37 bits per heavy atom. The van der Waals surface area contributed by atoms with E-state index in [1.165, 1.54) is 0 Å². The Morgan fingerprint density at radius 2 is 2.00 bits per heavy atom. The van der Waals surface area contributed by atoms with Crippen LogP contribution in [0.4, 0.5) is 0 Å². The van der Waals surface area contributed by atoms with Gasteiger partial charge in [-0.3, -0.25) is 9.69 Å². The van der Waals surface area contributed by atoms with Gasteiger partial charge in [0.15, 0.2) is 0 Å². The average molecular weight is 271 g/mol. The molecular weight excluding hydrogens is 242 g/mol. The van der Waals surface area contributed by atoms with Gasteiger partial charge in [-0.05, 0) is 39.2 Å². The molecule has 1 fully saturated rings. The summed E-state index contributed by atoms with van der Waals surface area (Å²) in [5.41, 5.74) is -0.602. The molecule has 1 aliphatic heterocycles. The summed E-state index contributed by atoms with van der Waals surface area (Å²) in [5.74, 6) is -0.652. The molecule has 1 heterocycles. The number of hydrogen-bond acceptors (Lipinski definition) is 3. The number of unbranched alkanes of at least 4 members (excludes halogenated alkanes) is 1. The highest BCUT2D eigenvalue weighted by atomic mass is 16.5. The smallest absolute Gasteiger partial charge is 0.311 e. The molecule has 1 unspecified atom stereocenters. The van der Waals surface area contributed by atoms with Crippen molar-refractivity contribution in [2.24, 2.45) is 5.41 Å². The first-order valence-corrected chi connectivity index (χ1v) is 7.61. The van der Waals surface area contributed by atoms with Gasteiger partial charge in [0.25, 0.3) is 0 Å². The lowest BCUT2D eigenvalue weighted by Crippen LogP contribution is -2.49. The average Bonchev–Trinajstić information content (AvgIpc) is 2.43. The Morgan fingerprint density at radius 3 is 2.47 bits per heavy atom. The van der Waals surface area contributed by atoms with Crippen LogP contribution in [0.2, 0.25) is 0 Å². The first-order valence-electron chi connectivity index (χ1n) is 7.61. The highest BCUT2D eigenvalue weighted by molar-refractivity contribution is 5.75. The Hall–Kier alpha value is -0.610. The zero-order chi connectivity index (χ0) is 14.3. The molecule has 0 spiro atoms. The van der Waals surface area contributed by atoms with E-state index in [2.05, 4.69) is 25.7 Å². The second kappa shape index (κ2) is 7.85. The molecule has 0 aliphatic carbocycles. The van der Waals surface area contributed by atoms with E-state index in [0.29, 0.717) is 38.6 Å². The third-order valence-corrected chi connectivity index (χ3v) is 4.42. The van der Waals surface area contributed by atoms with E-state index >= 15 is 0 Å². The molecule has 0 saturated carbocycles. The number of rotatable bonds is 8. The Balaban J connectivity index is 2.74. The zero-order valence-corrected chi connectivity index (χ0v) is 12.7. The minimum absolute atomic E-state index is 0.450. The molecule has 1 saturated heterocycles. The molecule has 1 aliphatic rings. The molecule has 1 rings (SSSR count). The summed E-state index contributed by atoms with van der Waals surface area (Å²) in [7, 11) is 0. The molecule has 1 N–H and O–H groups in total. The van der Waals surface area contributed by atoms with Gasteiger partial charge in [0.1, 0.15) is 0 Å². The van der Waals surface area contributed by atoms with Gasteiger partial charge in [-0.2, -0.15) is 0 Å². The van der Waals surface area contributed by atoms with E-state index in [1.54, 1.807) is 0 Å². The monoisotopic (exact) mass is 271 g/mol. The normalized spacial score (nSPS) is 20.4. The van der Waals surface area contributed by atoms with E-state index in [9.17, 15) is 9.90 Å². The zero-order valence-electron chi connectivity index (χ0n) is 12.7. The maximum Gasteiger partial charge on any atom is 0.311 e. The largest absolute Gasteiger partial charge is 0.481 e. The van der Waals surface area contributed by atoms with Crippen molar-refractivity contribution in [1.29, 1.82) is 0 Å². The van der Waals surface area contributed by atoms with E-state index in [4.69, 9.17) is 4.74 Å². The van der Waals surface area contributed by atoms with Crippen LogP contribution in [0.3, 0.4) is 0 Å². The number of aliphatic carboxylic acids is 1. The van der Waals surface area contributed by atoms with Crippen molar-refractivity contribution in [3.8, 4) is 0 Å². The predicted octanol–water partition coefficient (Wildman–Crippen LogP) is 2.77. The summed E-state index contributed by atoms with van der Waals surface area (Å²) in [5, 5.41) is 9.64. The van der Waals surface area contributed by atoms with Crippen LogP contribution in [0.15, 0.2) is 0 Å². The SMILES string of the molecule is CCCCN(CC1(C(=O)O)CCOCC1)C(C)CC. The van der Waals surface area contributed by atoms with Crippen molar-refractivity contribution in [2.45, 2.75) is 58.9 Å². The van der Waals surface area contributed by atoms with E-state index in [0.717, 1.165) is 25.8 Å². The first kappa shape index (κ1) is 16.4. The van der Waals surface area contributed by atoms with Gasteiger partial charge < -0.3 is 9.84 Å². The van der Waals surface area contributed by atoms with Crippen LogP contribution in [0.25, 0.3) is 0 Å². The van der Waals surface area contributed by atoms with Gasteiger partial charge >= 0.3 is 5.97 Å². The number of carbonyl (C=O) groups is 1. The fourth-order valence-electron chi connectivity index (χ4n) is 2.67. The lowest BCUT2D eigenvalue weighted by molar-refractivity contribution is -0.157. The van der Waals surface area contributed by atoms with Crippen LogP contribution in [0, 0.1) is 5.41 Å². The second-order valence-electron chi connectivity index (χ2n) is 5.78. The van der Waals surface area contributed by atoms with Gasteiger partial charge in [0, 0.05) is 25.8 Å². The summed E-state index contributed by atoms with van der Waals surface area (Å²) in [6, 6.07) is 0.450. The molecule has 1 atom stereocenters. The van der Waals surface area contributed by atoms with Crippen LogP contribution in [0.1, 0.15) is 52.9 Å². The lowest BCUT2D eigenvalue weighted by atomic mass is 9.79. The number of hydrogen-bond donors (Lipinski definition) is 1. The molecule has 4 nitrogen and oxygen atoms in total. The van der Waals surface area contributed by atoms with Crippen molar-refractivity contribution in [1.82, 2.24) is 4.90 Å². The molecular formula is C15H29NO3. The minimum atomic E-state index is -0.652. The first-order chi connectivity index (χ1) is 9.05. The minimum Gasteiger partial charge on any atom is -0.481 e. The van der Waals surface area contributed by atoms with Crippen molar-refractivity contribution in [2.75, 3.05) is 26.3 Å². The summed E-state index contributed by atoms with van der Waals surface area (Å²) in [6.07, 6.45) is 4.63. The molecule has 0 aromatic carbocycles. The Kier molecular flexibility index (Phi) is 6.80. The standard InChI is InChI=1S/C15H29NO3/c1-4-6-9-16(13(3)5-2)12-15(14(17)18)7-10-19-11-8-15/h13H,4-12H2,1-3H3,(H,17,18). The topological polar surface area (TPSA) is 49.8 Å². The van der Waals surface area contributed by atoms with Gasteiger partial charge in [-0.25, -0.2) is 0 Å². The third kappa shape index (κ3) is 4.46. The number of carboxylic acid groups (broad SMARTS) is 1. The highest BCUT2D eigenvalue weighted by Gasteiger charge is 2.42. The molecule has 0 amide bonds. The lowest BCUT2D eigenvalue weighted by Gasteiger charge is -2.40. The summed E-state index contributed by atoms with van der Waals surface area (Å²) < 4.78 is 5.34. The van der Waals surface area contributed by atoms with Gasteiger partial charge in [-0.1, -0.05) is 20.3 Å². The van der Waals surface area contributed by atoms with Crippen LogP contribution in [-0.2, 0) is 9.53 Å². The van der Waals surface area contributed by atoms with Gasteiger partial charge in [0.05, 0.1) is 5.41 Å². The molecule has 4 heteroatoms. The number of ether oxygens (including phenoxy) is 1. The van der Waals surface area contributed by atoms with Crippen molar-refractivity contribution >= 4 is 5.97 Å². The number of carboxylic acids is 1. The highest BCUT2D eigenvalue weighted by Crippen LogP contribution is 2.32. The summed E-state index contributed by atoms with van der Waals surface area (Å²) in [4.78, 5) is 14.1. The van der Waals surface area contributed by atoms with Crippen LogP contribution >= 0.6 is 0 Å². The second-order valence-corrected chi connectivity index (χ2v) is 5.78. The van der Waals surface area contributed by atoms with Crippen molar-refractivity contribution in [3.63, 3.8) is 0 Å². The molecule has 0 radical (unpaired) electrons. The van der Waals surface area contributed by atoms with E-state index in [1.807, 2.05) is 0 Å². The number of nitrogens with zero attached hydrogens (tertiary/aromatic N) is 1. The van der Waals surface area contributed by atoms with E-state index < -0.39 is 11.4 Å². The Bertz CT molecular complexity index is 275. The van der Waals surface area contributed by atoms with Crippen LogP contribution in [0.5, 0.6) is 0 Å². The summed E-state index contributed by atoms with van der Waals surface area (Å²) in [6.45, 7) is 9.37. The summed E-state index contributed by atoms with van der Waals surface area (Å²) >= 11 is 0. The molecule has 0 aromatic rings. The maximum absolute atomic E-state index is 11.7. The van der Waals surface area contributed by atoms with Crippen LogP contribution < -0.4 is 0 Å². The van der Waals surface area contributed by atoms with Gasteiger partial charge in [-0.15, -0.1) is 0 Å². The van der Waals surface area contributed by atoms with Crippen molar-refractivity contribution in [3.05, 3.63) is 0 Å². The van der Waals surface area contributed by atoms with Gasteiger partial charge in [0.2, 0.25) is 0 Å². The van der Waals surface area contributed by atoms with E-state index in [-0.39, 0.29) is 0 Å². The fraction of sp³-hybridized carbons (Fsp3) is 0.933. The maximum atomic E-state index is 11.7. The predicted molar refractivity (Wildman–Crippen MR) is 76.4 cm³/mol.